The van der Waals surface area contributed by atoms with E-state index in [0.29, 0.717) is 12.0 Å². The highest BCUT2D eigenvalue weighted by Gasteiger charge is 2.47. The highest BCUT2D eigenvalue weighted by Crippen LogP contribution is 2.44. The van der Waals surface area contributed by atoms with Crippen molar-refractivity contribution < 1.29 is 5.11 Å². The summed E-state index contributed by atoms with van der Waals surface area (Å²) >= 11 is 0. The minimum absolute atomic E-state index is 0.261. The maximum absolute atomic E-state index is 11.2. The van der Waals surface area contributed by atoms with Gasteiger partial charge in [-0.2, -0.15) is 0 Å². The molecule has 1 unspecified atom stereocenters. The Kier molecular flexibility index (Phi) is 4.13. The lowest BCUT2D eigenvalue weighted by atomic mass is 9.64. The molecular weight excluding hydrogens is 246 g/mol. The molecule has 0 amide bonds. The van der Waals surface area contributed by atoms with Gasteiger partial charge in [-0.15, -0.1) is 0 Å². The summed E-state index contributed by atoms with van der Waals surface area (Å²) in [6.45, 7) is 2.21. The molecule has 0 spiro atoms. The molecule has 0 aromatic heterocycles. The first-order valence-electron chi connectivity index (χ1n) is 8.23. The van der Waals surface area contributed by atoms with E-state index >= 15 is 0 Å². The molecule has 2 aliphatic rings. The zero-order chi connectivity index (χ0) is 14.0. The number of hydrogen-bond acceptors (Lipinski definition) is 2. The number of benzene rings is 1. The Morgan fingerprint density at radius 3 is 2.65 bits per heavy atom. The van der Waals surface area contributed by atoms with Gasteiger partial charge in [0.25, 0.3) is 0 Å². The normalized spacial score (nSPS) is 35.3. The van der Waals surface area contributed by atoms with Crippen molar-refractivity contribution in [1.82, 2.24) is 5.32 Å². The zero-order valence-electron chi connectivity index (χ0n) is 12.5. The van der Waals surface area contributed by atoms with Gasteiger partial charge < -0.3 is 10.4 Å². The minimum Gasteiger partial charge on any atom is -0.388 e. The molecule has 4 atom stereocenters. The molecule has 0 saturated heterocycles. The van der Waals surface area contributed by atoms with Gasteiger partial charge in [0.1, 0.15) is 0 Å². The van der Waals surface area contributed by atoms with Crippen LogP contribution in [0.3, 0.4) is 0 Å². The lowest BCUT2D eigenvalue weighted by Gasteiger charge is -2.50. The molecule has 2 fully saturated rings. The Balaban J connectivity index is 1.72. The summed E-state index contributed by atoms with van der Waals surface area (Å²) in [4.78, 5) is 0. The van der Waals surface area contributed by atoms with E-state index in [0.717, 1.165) is 12.8 Å². The summed E-state index contributed by atoms with van der Waals surface area (Å²) in [7, 11) is 0. The third kappa shape index (κ3) is 2.64. The largest absolute Gasteiger partial charge is 0.388 e. The fourth-order valence-electron chi connectivity index (χ4n) is 4.29. The Hall–Kier alpha value is -0.860. The molecule has 3 rings (SSSR count). The van der Waals surface area contributed by atoms with Gasteiger partial charge in [-0.3, -0.25) is 0 Å². The van der Waals surface area contributed by atoms with Crippen molar-refractivity contribution in [2.45, 2.75) is 69.6 Å². The second kappa shape index (κ2) is 5.87. The van der Waals surface area contributed by atoms with Crippen LogP contribution >= 0.6 is 0 Å². The van der Waals surface area contributed by atoms with Crippen LogP contribution in [-0.2, 0) is 0 Å². The zero-order valence-corrected chi connectivity index (χ0v) is 12.5. The monoisotopic (exact) mass is 273 g/mol. The van der Waals surface area contributed by atoms with Gasteiger partial charge in [-0.1, -0.05) is 49.6 Å². The van der Waals surface area contributed by atoms with Crippen molar-refractivity contribution in [2.24, 2.45) is 5.92 Å². The Morgan fingerprint density at radius 2 is 1.85 bits per heavy atom. The first-order chi connectivity index (χ1) is 9.70. The van der Waals surface area contributed by atoms with Crippen molar-refractivity contribution in [2.75, 3.05) is 0 Å². The Labute approximate surface area is 122 Å². The van der Waals surface area contributed by atoms with Crippen molar-refractivity contribution in [3.63, 3.8) is 0 Å². The van der Waals surface area contributed by atoms with Crippen LogP contribution in [0.5, 0.6) is 0 Å². The van der Waals surface area contributed by atoms with Crippen LogP contribution in [0.1, 0.15) is 63.5 Å². The van der Waals surface area contributed by atoms with Gasteiger partial charge in [-0.25, -0.2) is 0 Å². The average Bonchev–Trinajstić information content (AvgIpc) is 2.49. The van der Waals surface area contributed by atoms with Crippen LogP contribution in [0, 0.1) is 5.92 Å². The van der Waals surface area contributed by atoms with Gasteiger partial charge in [-0.05, 0) is 44.1 Å². The average molecular weight is 273 g/mol. The molecule has 20 heavy (non-hydrogen) atoms. The smallest absolute Gasteiger partial charge is 0.0828 e. The quantitative estimate of drug-likeness (QED) is 0.877. The number of rotatable bonds is 3. The first kappa shape index (κ1) is 14.1. The summed E-state index contributed by atoms with van der Waals surface area (Å²) in [6.07, 6.45) is 8.27. The van der Waals surface area contributed by atoms with E-state index < -0.39 is 5.60 Å². The maximum atomic E-state index is 11.2. The molecular formula is C18H27NO. The molecule has 110 valence electrons. The lowest BCUT2D eigenvalue weighted by molar-refractivity contribution is -0.101. The van der Waals surface area contributed by atoms with Crippen LogP contribution in [0.2, 0.25) is 0 Å². The summed E-state index contributed by atoms with van der Waals surface area (Å²) in [5, 5.41) is 14.9. The third-order valence-electron chi connectivity index (χ3n) is 5.49. The molecule has 0 bridgehead atoms. The number of nitrogens with one attached hydrogen (secondary N) is 1. The molecule has 0 radical (unpaired) electrons. The highest BCUT2D eigenvalue weighted by molar-refractivity contribution is 5.19. The van der Waals surface area contributed by atoms with Gasteiger partial charge in [0, 0.05) is 12.1 Å². The fraction of sp³-hybridized carbons (Fsp3) is 0.667. The second-order valence-corrected chi connectivity index (χ2v) is 6.72. The second-order valence-electron chi connectivity index (χ2n) is 6.72. The van der Waals surface area contributed by atoms with Gasteiger partial charge in [0.2, 0.25) is 0 Å². The van der Waals surface area contributed by atoms with Crippen molar-refractivity contribution in [1.29, 1.82) is 0 Å². The molecule has 2 N–H and O–H groups in total. The van der Waals surface area contributed by atoms with Crippen LogP contribution in [-0.4, -0.2) is 16.7 Å². The fourth-order valence-corrected chi connectivity index (χ4v) is 4.29. The van der Waals surface area contributed by atoms with Crippen LogP contribution < -0.4 is 5.32 Å². The van der Waals surface area contributed by atoms with E-state index in [-0.39, 0.29) is 6.04 Å². The predicted octanol–water partition coefficient (Wildman–Crippen LogP) is 3.81. The summed E-state index contributed by atoms with van der Waals surface area (Å²) in [6, 6.07) is 11.1. The molecule has 2 nitrogen and oxygen atoms in total. The van der Waals surface area contributed by atoms with Gasteiger partial charge in [0.05, 0.1) is 5.60 Å². The predicted molar refractivity (Wildman–Crippen MR) is 82.5 cm³/mol. The van der Waals surface area contributed by atoms with E-state index in [2.05, 4.69) is 42.6 Å². The van der Waals surface area contributed by atoms with E-state index in [1.807, 2.05) is 0 Å². The number of fused-ring (bicyclic) bond motifs is 1. The molecule has 0 heterocycles. The van der Waals surface area contributed by atoms with E-state index in [9.17, 15) is 5.11 Å². The van der Waals surface area contributed by atoms with Crippen LogP contribution in [0.15, 0.2) is 30.3 Å². The lowest BCUT2D eigenvalue weighted by Crippen LogP contribution is -2.59. The number of hydrogen-bond donors (Lipinski definition) is 2. The Morgan fingerprint density at radius 1 is 1.10 bits per heavy atom. The molecule has 0 aliphatic heterocycles. The standard InChI is InChI=1S/C18H27NO/c1-14(15-8-3-2-4-9-15)19-17-12-7-11-16-10-5-6-13-18(16,17)20/h2-4,8-9,14,16-17,19-20H,5-7,10-13H2,1H3/t14?,16-,17+,18+/m0/s1. The van der Waals surface area contributed by atoms with Gasteiger partial charge in [0.15, 0.2) is 0 Å². The molecule has 2 aliphatic carbocycles. The Bertz CT molecular complexity index is 430. The molecule has 2 heteroatoms. The maximum Gasteiger partial charge on any atom is 0.0828 e. The minimum atomic E-state index is -0.459. The third-order valence-corrected chi connectivity index (χ3v) is 5.49. The van der Waals surface area contributed by atoms with Crippen LogP contribution in [0.4, 0.5) is 0 Å². The summed E-state index contributed by atoms with van der Waals surface area (Å²) in [5.41, 5.74) is 0.855. The molecule has 1 aromatic rings. The topological polar surface area (TPSA) is 32.3 Å². The van der Waals surface area contributed by atoms with Crippen molar-refractivity contribution in [3.8, 4) is 0 Å². The van der Waals surface area contributed by atoms with Crippen molar-refractivity contribution in [3.05, 3.63) is 35.9 Å². The van der Waals surface area contributed by atoms with Crippen LogP contribution in [0.25, 0.3) is 0 Å². The SMILES string of the molecule is CC(N[C@@H]1CCC[C@@H]2CCCC[C@@]21O)c1ccccc1. The van der Waals surface area contributed by atoms with E-state index in [1.54, 1.807) is 0 Å². The summed E-state index contributed by atoms with van der Waals surface area (Å²) < 4.78 is 0. The van der Waals surface area contributed by atoms with Gasteiger partial charge >= 0.3 is 0 Å². The summed E-state index contributed by atoms with van der Waals surface area (Å²) in [5.74, 6) is 0.519. The first-order valence-corrected chi connectivity index (χ1v) is 8.23. The van der Waals surface area contributed by atoms with Crippen molar-refractivity contribution >= 4 is 0 Å². The highest BCUT2D eigenvalue weighted by atomic mass is 16.3. The molecule has 2 saturated carbocycles. The molecule has 1 aromatic carbocycles. The van der Waals surface area contributed by atoms with E-state index in [4.69, 9.17) is 0 Å². The number of aliphatic hydroxyl groups is 1. The van der Waals surface area contributed by atoms with E-state index in [1.165, 1.54) is 37.7 Å².